The average Bonchev–Trinajstić information content (AvgIpc) is 3.33. The van der Waals surface area contributed by atoms with Gasteiger partial charge in [0.25, 0.3) is 0 Å². The molecule has 0 aromatic heterocycles. The summed E-state index contributed by atoms with van der Waals surface area (Å²) in [4.78, 5) is 19.4. The smallest absolute Gasteiger partial charge is 1.00 e. The number of aliphatic carboxylic acids is 1. The SMILES string of the molecule is C.C.C#CC.CC#CC(=O)O.CC#CC(=O)OC.CC#CC=CC.CC#CC=CC.CO.S=S=S=S=S=S=S=S=S=S.S=S=S=S=S=S=S=S=S=S=S=S=S.S=S=S=S=S=S=S=S=S=S=S=S=S=S.[H-].[K+]. The molecule has 0 spiro atoms. The maximum Gasteiger partial charge on any atom is 1.00 e. The largest absolute Gasteiger partial charge is 1.00 e. The summed E-state index contributed by atoms with van der Waals surface area (Å²) in [6, 6.07) is 0. The fourth-order valence-corrected chi connectivity index (χ4v) is 69.5. The number of carboxylic acid groups (broad SMARTS) is 1. The summed E-state index contributed by atoms with van der Waals surface area (Å²) < 4.78 is 4.18. The number of aliphatic hydroxyl groups excluding tert-OH is 1. The molecule has 0 rings (SSSR count). The standard InChI is InChI=1S/2C6H8.C5H6O2.C4H4O2.C3H4.CH4O.2CH4.K.S14.S13.S10.H/c2*1-3-5-6-4-2;1-3-4-5(6)7-2;1-2-3-4(5)6;1-3-2;1-2;;;;1-3-5-7-9-11-13-14-12-10-8-6-4-2;1-3-5-7-9-11-13-12-10-8-6-4-2;1-3-5-7-9-10-8-6-4-2;/h2*3,5H,1-2H3;1-2H3;1H3,(H,5,6);1H,2H3;2H,1H3;2*1H4;;;;;/q;;;;;;;;+1;;;;-1. The van der Waals surface area contributed by atoms with Gasteiger partial charge in [0.15, 0.2) is 0 Å². The number of rotatable bonds is 0. The summed E-state index contributed by atoms with van der Waals surface area (Å²) in [5.41, 5.74) is 0. The van der Waals surface area contributed by atoms with Crippen LogP contribution in [0.5, 0.6) is 0 Å². The van der Waals surface area contributed by atoms with Crippen molar-refractivity contribution >= 4 is 354 Å². The number of hydrogen-bond donors (Lipinski definition) is 2. The van der Waals surface area contributed by atoms with E-state index in [2.05, 4.69) is 80.9 Å². The molecule has 0 radical (unpaired) electrons. The number of hydrogen-bond acceptors (Lipinski definition) is 10. The van der Waals surface area contributed by atoms with Crippen LogP contribution < -0.4 is 51.4 Å². The van der Waals surface area contributed by atoms with Gasteiger partial charge in [-0.3, -0.25) is 0 Å². The minimum absolute atomic E-state index is 0. The van der Waals surface area contributed by atoms with E-state index < -0.39 is 11.9 Å². The maximum absolute atomic E-state index is 10.0. The molecule has 0 fully saturated rings. The number of terminal acetylenes is 1. The number of carbonyl (C=O) groups excluding carboxylic acids is 1. The predicted octanol–water partition coefficient (Wildman–Crippen LogP) is 2.00. The summed E-state index contributed by atoms with van der Waals surface area (Å²) in [6.45, 7) is 12.2. The molecule has 0 saturated heterocycles. The summed E-state index contributed by atoms with van der Waals surface area (Å²) in [6.07, 6.45) is 12.1. The van der Waals surface area contributed by atoms with Crippen molar-refractivity contribution in [3.63, 3.8) is 0 Å². The van der Waals surface area contributed by atoms with E-state index in [9.17, 15) is 9.59 Å². The third kappa shape index (κ3) is 171. The van der Waals surface area contributed by atoms with E-state index in [0.717, 1.165) is 7.11 Å². The zero-order chi connectivity index (χ0) is 53.0. The molecule has 5 nitrogen and oxygen atoms in total. The van der Waals surface area contributed by atoms with Gasteiger partial charge in [-0.05, 0) is 60.6 Å². The van der Waals surface area contributed by atoms with Gasteiger partial charge in [-0.2, -0.15) is 0 Å². The molecular weight excluding hydrogens is 1630 g/mol. The van der Waals surface area contributed by atoms with Crippen molar-refractivity contribution in [2.24, 2.45) is 0 Å². The fraction of sp³-hybridized carbons (Fsp3) is 0.407. The van der Waals surface area contributed by atoms with Gasteiger partial charge in [0.05, 0.1) is 7.11 Å². The third-order valence-electron chi connectivity index (χ3n) is 2.21. The maximum atomic E-state index is 10.0. The van der Waals surface area contributed by atoms with Crippen LogP contribution in [0.3, 0.4) is 0 Å². The molecule has 0 amide bonds. The molecule has 0 aliphatic carbocycles. The first-order valence-electron chi connectivity index (χ1n) is 14.0. The Labute approximate surface area is 580 Å². The Bertz CT molecular complexity index is 3070. The number of allylic oxidation sites excluding steroid dienone is 4. The summed E-state index contributed by atoms with van der Waals surface area (Å²) >= 11 is 28.1. The van der Waals surface area contributed by atoms with Crippen molar-refractivity contribution < 1.29 is 77.4 Å². The van der Waals surface area contributed by atoms with Crippen LogP contribution in [0.4, 0.5) is 0 Å². The van der Waals surface area contributed by atoms with Gasteiger partial charge < -0.3 is 16.4 Å². The minimum atomic E-state index is -1.07. The predicted molar refractivity (Wildman–Crippen MR) is 413 cm³/mol. The van der Waals surface area contributed by atoms with Crippen LogP contribution in [0, 0.1) is 59.7 Å². The Morgan fingerprint density at radius 3 is 0.714 bits per heavy atom. The van der Waals surface area contributed by atoms with E-state index >= 15 is 0 Å². The molecule has 0 aromatic rings. The van der Waals surface area contributed by atoms with Crippen LogP contribution in [0.1, 0.15) is 64.7 Å². The second kappa shape index (κ2) is 126. The van der Waals surface area contributed by atoms with Gasteiger partial charge in [0, 0.05) is 361 Å². The van der Waals surface area contributed by atoms with E-state index in [0.29, 0.717) is 0 Å². The van der Waals surface area contributed by atoms with Gasteiger partial charge in [0.1, 0.15) is 0 Å². The van der Waals surface area contributed by atoms with Gasteiger partial charge >= 0.3 is 63.3 Å². The van der Waals surface area contributed by atoms with Crippen molar-refractivity contribution in [1.82, 2.24) is 0 Å². The molecule has 0 heterocycles. The number of carboxylic acids is 1. The molecule has 0 bridgehead atoms. The zero-order valence-corrected chi connectivity index (χ0v) is 68.9. The van der Waals surface area contributed by atoms with E-state index in [1.165, 1.54) is 67.3 Å². The molecule has 2 N–H and O–H groups in total. The Hall–Kier alpha value is 5.96. The fourth-order valence-electron chi connectivity index (χ4n) is 0.877. The Morgan fingerprint density at radius 2 is 0.643 bits per heavy atom. The average molecular weight is 1670 g/mol. The molecule has 70 heavy (non-hydrogen) atoms. The van der Waals surface area contributed by atoms with Gasteiger partial charge in [-0.1, -0.05) is 50.7 Å². The minimum Gasteiger partial charge on any atom is -1.00 e. The molecule has 404 valence electrons. The number of ether oxygens (including phenoxy) is 1. The first-order chi connectivity index (χ1) is 32.6. The van der Waals surface area contributed by atoms with Crippen LogP contribution in [0.2, 0.25) is 0 Å². The first kappa shape index (κ1) is 104. The van der Waals surface area contributed by atoms with Crippen LogP contribution in [0.15, 0.2) is 24.3 Å². The van der Waals surface area contributed by atoms with Crippen LogP contribution in [-0.2, 0) is 357 Å². The molecule has 0 atom stereocenters. The molecule has 0 aliphatic heterocycles. The Balaban J connectivity index is -0.0000000501. The Kier molecular flexibility index (Phi) is 188. The van der Waals surface area contributed by atoms with E-state index in [1.54, 1.807) is 236 Å². The van der Waals surface area contributed by atoms with Gasteiger partial charge in [0.2, 0.25) is 0 Å². The summed E-state index contributed by atoms with van der Waals surface area (Å²) in [7, 11) is 53.0. The van der Waals surface area contributed by atoms with Crippen molar-refractivity contribution in [1.29, 1.82) is 0 Å². The Morgan fingerprint density at radius 1 is 0.457 bits per heavy atom. The van der Waals surface area contributed by atoms with E-state index in [-0.39, 0.29) is 67.7 Å². The molecule has 0 saturated carbocycles. The number of aliphatic hydroxyl groups is 1. The van der Waals surface area contributed by atoms with Gasteiger partial charge in [-0.25, -0.2) is 9.59 Å². The third-order valence-corrected chi connectivity index (χ3v) is 64.4. The second-order valence-electron chi connectivity index (χ2n) is 5.73. The van der Waals surface area contributed by atoms with Crippen LogP contribution in [-0.4, -0.2) is 36.4 Å². The van der Waals surface area contributed by atoms with Crippen LogP contribution in [0.25, 0.3) is 0 Å². The van der Waals surface area contributed by atoms with Crippen molar-refractivity contribution in [3.8, 4) is 59.7 Å². The number of esters is 1. The van der Waals surface area contributed by atoms with Crippen molar-refractivity contribution in [2.75, 3.05) is 14.2 Å². The number of methoxy groups -OCH3 is 1. The summed E-state index contributed by atoms with van der Waals surface area (Å²) in [5, 5.41) is 14.7. The zero-order valence-electron chi connectivity index (χ0n) is 36.6. The molecular formula is C27H43KO5S37. The molecule has 0 aromatic carbocycles. The monoisotopic (exact) mass is 1670 g/mol. The summed E-state index contributed by atoms with van der Waals surface area (Å²) in [5.74, 6) is 20.4. The molecule has 0 aliphatic rings. The van der Waals surface area contributed by atoms with Crippen LogP contribution >= 0.6 is 0 Å². The van der Waals surface area contributed by atoms with Gasteiger partial charge in [-0.15, -0.1) is 24.2 Å². The van der Waals surface area contributed by atoms with E-state index in [4.69, 9.17) is 55.0 Å². The number of carbonyl (C=O) groups is 2. The molecule has 43 heteroatoms. The van der Waals surface area contributed by atoms with E-state index in [1.807, 2.05) is 57.9 Å². The van der Waals surface area contributed by atoms with Crippen molar-refractivity contribution in [3.05, 3.63) is 24.3 Å². The normalized spacial score (nSPS) is 6.30. The molecule has 0 unspecified atom stereocenters. The first-order valence-corrected chi connectivity index (χ1v) is 59.4. The second-order valence-corrected chi connectivity index (χ2v) is 60.6. The van der Waals surface area contributed by atoms with Crippen molar-refractivity contribution in [2.45, 2.75) is 63.3 Å². The quantitative estimate of drug-likeness (QED) is 0.162. The topological polar surface area (TPSA) is 83.8 Å².